The summed E-state index contributed by atoms with van der Waals surface area (Å²) in [5.41, 5.74) is 3.09. The van der Waals surface area contributed by atoms with E-state index in [-0.39, 0.29) is 11.4 Å². The van der Waals surface area contributed by atoms with Crippen LogP contribution >= 0.6 is 0 Å². The summed E-state index contributed by atoms with van der Waals surface area (Å²) in [4.78, 5) is 17.5. The second-order valence-corrected chi connectivity index (χ2v) is 12.1. The third-order valence-electron chi connectivity index (χ3n) is 7.25. The molecule has 1 atom stereocenters. The lowest BCUT2D eigenvalue weighted by Crippen LogP contribution is -2.40. The van der Waals surface area contributed by atoms with Gasteiger partial charge in [0.2, 0.25) is 5.91 Å². The molecular weight excluding hydrogens is 448 g/mol. The van der Waals surface area contributed by atoms with E-state index in [1.165, 1.54) is 11.8 Å². The number of hydrogen-bond donors (Lipinski definition) is 0. The van der Waals surface area contributed by atoms with E-state index in [9.17, 15) is 13.2 Å². The Bertz CT molecular complexity index is 1140. The zero-order chi connectivity index (χ0) is 24.5. The summed E-state index contributed by atoms with van der Waals surface area (Å²) in [7, 11) is -3.16. The first-order valence-corrected chi connectivity index (χ1v) is 14.0. The molecule has 34 heavy (non-hydrogen) atoms. The maximum Gasteiger partial charge on any atom is 0.249 e. The monoisotopic (exact) mass is 484 g/mol. The van der Waals surface area contributed by atoms with Gasteiger partial charge in [0.1, 0.15) is 11.3 Å². The fourth-order valence-electron chi connectivity index (χ4n) is 5.05. The average molecular weight is 485 g/mol. The first-order chi connectivity index (χ1) is 16.1. The summed E-state index contributed by atoms with van der Waals surface area (Å²) in [6.45, 7) is 9.49. The molecule has 7 heteroatoms. The van der Waals surface area contributed by atoms with Crippen LogP contribution < -0.4 is 4.74 Å². The van der Waals surface area contributed by atoms with Crippen LogP contribution in [0.5, 0.6) is 5.75 Å². The Kier molecular flexibility index (Phi) is 7.06. The van der Waals surface area contributed by atoms with Gasteiger partial charge >= 0.3 is 0 Å². The maximum atomic E-state index is 12.7. The van der Waals surface area contributed by atoms with E-state index in [0.717, 1.165) is 62.2 Å². The molecule has 2 aromatic carbocycles. The molecule has 0 aromatic heterocycles. The van der Waals surface area contributed by atoms with Crippen LogP contribution in [0.25, 0.3) is 0 Å². The zero-order valence-electron chi connectivity index (χ0n) is 20.7. The molecule has 2 fully saturated rings. The van der Waals surface area contributed by atoms with Gasteiger partial charge in [0.15, 0.2) is 9.84 Å². The second kappa shape index (κ2) is 9.70. The van der Waals surface area contributed by atoms with Crippen molar-refractivity contribution in [2.45, 2.75) is 69.5 Å². The summed E-state index contributed by atoms with van der Waals surface area (Å²) in [6.07, 6.45) is 4.86. The number of amides is 1. The second-order valence-electron chi connectivity index (χ2n) is 10.1. The van der Waals surface area contributed by atoms with Crippen molar-refractivity contribution >= 4 is 15.7 Å². The Morgan fingerprint density at radius 2 is 1.74 bits per heavy atom. The quantitative estimate of drug-likeness (QED) is 0.395. The Morgan fingerprint density at radius 3 is 2.38 bits per heavy atom. The summed E-state index contributed by atoms with van der Waals surface area (Å²) in [5, 5.41) is 0. The van der Waals surface area contributed by atoms with E-state index in [0.29, 0.717) is 17.5 Å². The number of rotatable bonds is 9. The van der Waals surface area contributed by atoms with Crippen molar-refractivity contribution in [3.63, 3.8) is 0 Å². The first-order valence-electron chi connectivity index (χ1n) is 12.1. The van der Waals surface area contributed by atoms with Crippen LogP contribution in [0.3, 0.4) is 0 Å². The molecule has 2 saturated heterocycles. The Balaban J connectivity index is 1.22. The number of carbonyl (C=O) groups excluding carboxylic acids is 1. The van der Waals surface area contributed by atoms with E-state index in [1.54, 1.807) is 12.1 Å². The predicted octanol–water partition coefficient (Wildman–Crippen LogP) is 4.13. The van der Waals surface area contributed by atoms with Gasteiger partial charge in [-0.25, -0.2) is 8.42 Å². The van der Waals surface area contributed by atoms with Crippen molar-refractivity contribution in [3.05, 3.63) is 59.2 Å². The highest BCUT2D eigenvalue weighted by Gasteiger charge is 2.60. The highest BCUT2D eigenvalue weighted by atomic mass is 32.2. The molecule has 184 valence electrons. The van der Waals surface area contributed by atoms with Gasteiger partial charge in [0.25, 0.3) is 0 Å². The number of benzene rings is 2. The van der Waals surface area contributed by atoms with Gasteiger partial charge in [-0.05, 0) is 81.3 Å². The van der Waals surface area contributed by atoms with E-state index in [4.69, 9.17) is 4.74 Å². The van der Waals surface area contributed by atoms with Crippen molar-refractivity contribution in [1.82, 2.24) is 9.80 Å². The minimum absolute atomic E-state index is 0.272. The van der Waals surface area contributed by atoms with Gasteiger partial charge in [-0.3, -0.25) is 9.69 Å². The summed E-state index contributed by atoms with van der Waals surface area (Å²) < 4.78 is 29.3. The predicted molar refractivity (Wildman–Crippen MR) is 134 cm³/mol. The lowest BCUT2D eigenvalue weighted by Gasteiger charge is -2.33. The van der Waals surface area contributed by atoms with E-state index < -0.39 is 9.84 Å². The van der Waals surface area contributed by atoms with Crippen LogP contribution in [-0.2, 0) is 21.2 Å². The van der Waals surface area contributed by atoms with Crippen LogP contribution in [0.4, 0.5) is 0 Å². The number of nitrogens with zero attached hydrogens (tertiary/aromatic N) is 2. The number of sulfone groups is 1. The van der Waals surface area contributed by atoms with E-state index in [1.807, 2.05) is 12.1 Å². The molecule has 2 heterocycles. The minimum Gasteiger partial charge on any atom is -0.493 e. The topological polar surface area (TPSA) is 66.7 Å². The molecule has 0 bridgehead atoms. The van der Waals surface area contributed by atoms with Crippen molar-refractivity contribution in [2.24, 2.45) is 0 Å². The standard InChI is InChI=1S/C27H36N2O4S/c1-20-6-7-21(2)25(18-20)33-17-5-14-27(3)26(30)29(27)23-12-15-28(16-13-23)19-22-8-10-24(11-9-22)34(4,31)32/h6-11,18,23H,5,12-17,19H2,1-4H3. The third kappa shape index (κ3) is 5.47. The number of likely N-dealkylation sites (tertiary alicyclic amines) is 1. The Hall–Kier alpha value is -2.38. The highest BCUT2D eigenvalue weighted by Crippen LogP contribution is 2.43. The molecular formula is C27H36N2O4S. The fraction of sp³-hybridized carbons (Fsp3) is 0.519. The van der Waals surface area contributed by atoms with Gasteiger partial charge in [-0.2, -0.15) is 0 Å². The van der Waals surface area contributed by atoms with Crippen LogP contribution in [0.1, 0.15) is 49.3 Å². The van der Waals surface area contributed by atoms with Crippen molar-refractivity contribution < 1.29 is 17.9 Å². The highest BCUT2D eigenvalue weighted by molar-refractivity contribution is 7.90. The summed E-state index contributed by atoms with van der Waals surface area (Å²) >= 11 is 0. The Morgan fingerprint density at radius 1 is 1.06 bits per heavy atom. The normalized spacial score (nSPS) is 21.6. The maximum absolute atomic E-state index is 12.7. The molecule has 0 spiro atoms. The van der Waals surface area contributed by atoms with Crippen molar-refractivity contribution in [1.29, 1.82) is 0 Å². The Labute approximate surface area is 203 Å². The zero-order valence-corrected chi connectivity index (χ0v) is 21.5. The molecule has 4 rings (SSSR count). The largest absolute Gasteiger partial charge is 0.493 e. The molecule has 2 aromatic rings. The van der Waals surface area contributed by atoms with Crippen LogP contribution in [0.15, 0.2) is 47.4 Å². The number of hydrogen-bond acceptors (Lipinski definition) is 5. The number of carbonyl (C=O) groups is 1. The van der Waals surface area contributed by atoms with Crippen LogP contribution in [-0.4, -0.2) is 61.7 Å². The molecule has 0 radical (unpaired) electrons. The van der Waals surface area contributed by atoms with E-state index >= 15 is 0 Å². The molecule has 2 aliphatic rings. The van der Waals surface area contributed by atoms with Crippen LogP contribution in [0, 0.1) is 13.8 Å². The lowest BCUT2D eigenvalue weighted by molar-refractivity contribution is -0.115. The van der Waals surface area contributed by atoms with Gasteiger partial charge in [-0.1, -0.05) is 24.3 Å². The van der Waals surface area contributed by atoms with Gasteiger partial charge in [0.05, 0.1) is 11.5 Å². The molecule has 0 saturated carbocycles. The molecule has 1 unspecified atom stereocenters. The van der Waals surface area contributed by atoms with Crippen molar-refractivity contribution in [2.75, 3.05) is 26.0 Å². The summed E-state index contributed by atoms with van der Waals surface area (Å²) in [5.74, 6) is 1.21. The number of aryl methyl sites for hydroxylation is 2. The average Bonchev–Trinajstić information content (AvgIpc) is 3.33. The first kappa shape index (κ1) is 24.7. The van der Waals surface area contributed by atoms with E-state index in [2.05, 4.69) is 48.8 Å². The molecule has 1 amide bonds. The van der Waals surface area contributed by atoms with Crippen LogP contribution in [0.2, 0.25) is 0 Å². The molecule has 0 N–H and O–H groups in total. The molecule has 6 nitrogen and oxygen atoms in total. The van der Waals surface area contributed by atoms with Crippen molar-refractivity contribution in [3.8, 4) is 5.75 Å². The van der Waals surface area contributed by atoms with Gasteiger partial charge in [-0.15, -0.1) is 0 Å². The smallest absolute Gasteiger partial charge is 0.249 e. The lowest BCUT2D eigenvalue weighted by atomic mass is 10.0. The number of ether oxygens (including phenoxy) is 1. The molecule has 0 aliphatic carbocycles. The third-order valence-corrected chi connectivity index (χ3v) is 8.38. The molecule has 2 aliphatic heterocycles. The SMILES string of the molecule is Cc1ccc(C)c(OCCCC2(C)C(=O)N2C2CCN(Cc3ccc(S(C)(=O)=O)cc3)CC2)c1. The van der Waals surface area contributed by atoms with Gasteiger partial charge < -0.3 is 9.64 Å². The number of piperidine rings is 1. The summed E-state index contributed by atoms with van der Waals surface area (Å²) in [6, 6.07) is 13.7. The van der Waals surface area contributed by atoms with Gasteiger partial charge in [0, 0.05) is 31.9 Å². The fourth-order valence-corrected chi connectivity index (χ4v) is 5.69. The minimum atomic E-state index is -3.16.